The fraction of sp³-hybridized carbons (Fsp3) is 0.182. The minimum atomic E-state index is -2.30. The standard InChI is InChI=1S/C11H12N4O4/c1-15-10(18)13-7-5-3-2-4-6(7)11(15,19)8(16)14-9(12)17/h2-5,19H,1H3,(H,13,18)(H3,12,14,16,17). The molecule has 5 N–H and O–H groups in total. The highest BCUT2D eigenvalue weighted by molar-refractivity contribution is 6.04. The fourth-order valence-electron chi connectivity index (χ4n) is 1.90. The monoisotopic (exact) mass is 264 g/mol. The van der Waals surface area contributed by atoms with E-state index in [1.165, 1.54) is 19.2 Å². The van der Waals surface area contributed by atoms with Gasteiger partial charge in [-0.05, 0) is 6.07 Å². The van der Waals surface area contributed by atoms with Crippen LogP contribution in [-0.2, 0) is 10.5 Å². The fourth-order valence-corrected chi connectivity index (χ4v) is 1.90. The number of likely N-dealkylation sites (N-methyl/N-ethyl adjacent to an activating group) is 1. The van der Waals surface area contributed by atoms with Crippen molar-refractivity contribution in [2.45, 2.75) is 5.72 Å². The van der Waals surface area contributed by atoms with E-state index >= 15 is 0 Å². The SMILES string of the molecule is CN1C(=O)Nc2ccccc2C1(O)C(=O)NC(N)=O. The zero-order valence-corrected chi connectivity index (χ0v) is 10.0. The molecular weight excluding hydrogens is 252 g/mol. The molecule has 8 nitrogen and oxygen atoms in total. The van der Waals surface area contributed by atoms with Gasteiger partial charge in [-0.25, -0.2) is 9.59 Å². The van der Waals surface area contributed by atoms with E-state index in [1.807, 2.05) is 0 Å². The van der Waals surface area contributed by atoms with Gasteiger partial charge in [0.2, 0.25) is 0 Å². The van der Waals surface area contributed by atoms with Crippen molar-refractivity contribution in [3.05, 3.63) is 29.8 Å². The minimum Gasteiger partial charge on any atom is -0.359 e. The number of nitrogens with two attached hydrogens (primary N) is 1. The Bertz CT molecular complexity index is 574. The van der Waals surface area contributed by atoms with E-state index in [-0.39, 0.29) is 11.3 Å². The van der Waals surface area contributed by atoms with Crippen molar-refractivity contribution in [2.75, 3.05) is 12.4 Å². The third kappa shape index (κ3) is 1.87. The van der Waals surface area contributed by atoms with Crippen molar-refractivity contribution in [1.82, 2.24) is 10.2 Å². The predicted octanol–water partition coefficient (Wildman–Crippen LogP) is -0.496. The number of fused-ring (bicyclic) bond motifs is 1. The maximum absolute atomic E-state index is 12.0. The summed E-state index contributed by atoms with van der Waals surface area (Å²) in [6.07, 6.45) is 0. The van der Waals surface area contributed by atoms with E-state index in [1.54, 1.807) is 17.4 Å². The molecule has 0 aliphatic carbocycles. The van der Waals surface area contributed by atoms with Gasteiger partial charge in [-0.3, -0.25) is 15.0 Å². The average molecular weight is 264 g/mol. The van der Waals surface area contributed by atoms with Crippen LogP contribution in [0.1, 0.15) is 5.56 Å². The topological polar surface area (TPSA) is 125 Å². The van der Waals surface area contributed by atoms with Crippen LogP contribution in [-0.4, -0.2) is 35.0 Å². The molecule has 19 heavy (non-hydrogen) atoms. The molecule has 0 bridgehead atoms. The van der Waals surface area contributed by atoms with Gasteiger partial charge in [-0.1, -0.05) is 18.2 Å². The van der Waals surface area contributed by atoms with Gasteiger partial charge < -0.3 is 16.2 Å². The number of hydrogen-bond acceptors (Lipinski definition) is 4. The summed E-state index contributed by atoms with van der Waals surface area (Å²) in [5.74, 6) is -1.09. The van der Waals surface area contributed by atoms with Crippen molar-refractivity contribution in [1.29, 1.82) is 0 Å². The Morgan fingerprint density at radius 3 is 2.68 bits per heavy atom. The molecule has 1 aromatic rings. The van der Waals surface area contributed by atoms with Crippen molar-refractivity contribution in [3.8, 4) is 0 Å². The highest BCUT2D eigenvalue weighted by atomic mass is 16.3. The van der Waals surface area contributed by atoms with Gasteiger partial charge in [0.1, 0.15) is 0 Å². The van der Waals surface area contributed by atoms with Crippen LogP contribution in [0.2, 0.25) is 0 Å². The molecule has 100 valence electrons. The van der Waals surface area contributed by atoms with Gasteiger partial charge in [-0.15, -0.1) is 0 Å². The smallest absolute Gasteiger partial charge is 0.324 e. The van der Waals surface area contributed by atoms with Gasteiger partial charge in [-0.2, -0.15) is 0 Å². The molecule has 2 rings (SSSR count). The average Bonchev–Trinajstić information content (AvgIpc) is 2.35. The minimum absolute atomic E-state index is 0.149. The predicted molar refractivity (Wildman–Crippen MR) is 64.8 cm³/mol. The molecule has 1 atom stereocenters. The number of urea groups is 2. The first-order valence-corrected chi connectivity index (χ1v) is 5.35. The molecule has 1 unspecified atom stereocenters. The lowest BCUT2D eigenvalue weighted by Crippen LogP contribution is -2.61. The van der Waals surface area contributed by atoms with Crippen LogP contribution in [0, 0.1) is 0 Å². The summed E-state index contributed by atoms with van der Waals surface area (Å²) in [5.41, 5.74) is 2.99. The Hall–Kier alpha value is -2.61. The van der Waals surface area contributed by atoms with Gasteiger partial charge >= 0.3 is 12.1 Å². The number of amides is 5. The van der Waals surface area contributed by atoms with Crippen LogP contribution in [0.15, 0.2) is 24.3 Å². The Kier molecular flexibility index (Phi) is 2.87. The first-order valence-electron chi connectivity index (χ1n) is 5.35. The zero-order chi connectivity index (χ0) is 14.2. The summed E-state index contributed by atoms with van der Waals surface area (Å²) < 4.78 is 0. The quantitative estimate of drug-likeness (QED) is 0.545. The molecule has 8 heteroatoms. The summed E-state index contributed by atoms with van der Waals surface area (Å²) in [6, 6.07) is 4.43. The van der Waals surface area contributed by atoms with E-state index in [9.17, 15) is 19.5 Å². The second kappa shape index (κ2) is 4.25. The third-order valence-electron chi connectivity index (χ3n) is 2.89. The molecule has 0 aromatic heterocycles. The molecule has 5 amide bonds. The lowest BCUT2D eigenvalue weighted by Gasteiger charge is -2.40. The number of carbonyl (C=O) groups is 3. The number of hydrogen-bond donors (Lipinski definition) is 4. The molecule has 0 saturated carbocycles. The third-order valence-corrected chi connectivity index (χ3v) is 2.89. The van der Waals surface area contributed by atoms with Crippen molar-refractivity contribution < 1.29 is 19.5 Å². The van der Waals surface area contributed by atoms with Crippen molar-refractivity contribution in [2.24, 2.45) is 5.73 Å². The van der Waals surface area contributed by atoms with Crippen LogP contribution in [0.3, 0.4) is 0 Å². The van der Waals surface area contributed by atoms with Crippen LogP contribution < -0.4 is 16.4 Å². The summed E-state index contributed by atoms with van der Waals surface area (Å²) in [4.78, 5) is 35.2. The number of nitrogens with zero attached hydrogens (tertiary/aromatic N) is 1. The highest BCUT2D eigenvalue weighted by Gasteiger charge is 2.49. The Morgan fingerprint density at radius 2 is 2.05 bits per heavy atom. The van der Waals surface area contributed by atoms with Crippen LogP contribution in [0.4, 0.5) is 15.3 Å². The largest absolute Gasteiger partial charge is 0.359 e. The maximum Gasteiger partial charge on any atom is 0.324 e. The maximum atomic E-state index is 12.0. The van der Waals surface area contributed by atoms with Crippen LogP contribution in [0.5, 0.6) is 0 Å². The van der Waals surface area contributed by atoms with Gasteiger partial charge in [0.15, 0.2) is 0 Å². The molecule has 0 saturated heterocycles. The number of benzene rings is 1. The second-order valence-electron chi connectivity index (χ2n) is 4.03. The Morgan fingerprint density at radius 1 is 1.42 bits per heavy atom. The molecule has 0 radical (unpaired) electrons. The van der Waals surface area contributed by atoms with E-state index in [0.717, 1.165) is 4.90 Å². The number of rotatable bonds is 1. The molecule has 1 aliphatic heterocycles. The number of anilines is 1. The van der Waals surface area contributed by atoms with E-state index in [4.69, 9.17) is 5.73 Å². The number of carbonyl (C=O) groups excluding carboxylic acids is 3. The summed E-state index contributed by atoms with van der Waals surface area (Å²) >= 11 is 0. The number of aliphatic hydroxyl groups is 1. The van der Waals surface area contributed by atoms with Crippen molar-refractivity contribution >= 4 is 23.7 Å². The first-order chi connectivity index (χ1) is 8.87. The number of primary amides is 1. The number of nitrogens with one attached hydrogen (secondary N) is 2. The highest BCUT2D eigenvalue weighted by Crippen LogP contribution is 2.35. The summed E-state index contributed by atoms with van der Waals surface area (Å²) in [7, 11) is 1.23. The molecular formula is C11H12N4O4. The Labute approximate surface area is 108 Å². The lowest BCUT2D eigenvalue weighted by atomic mass is 9.96. The molecule has 0 fully saturated rings. The molecule has 1 aliphatic rings. The second-order valence-corrected chi connectivity index (χ2v) is 4.03. The molecule has 1 aromatic carbocycles. The Balaban J connectivity index is 2.55. The van der Waals surface area contributed by atoms with Gasteiger partial charge in [0.05, 0.1) is 5.69 Å². The van der Waals surface area contributed by atoms with Gasteiger partial charge in [0.25, 0.3) is 11.6 Å². The lowest BCUT2D eigenvalue weighted by molar-refractivity contribution is -0.156. The molecule has 0 spiro atoms. The summed E-state index contributed by atoms with van der Waals surface area (Å²) in [5, 5.41) is 14.8. The van der Waals surface area contributed by atoms with E-state index < -0.39 is 23.7 Å². The van der Waals surface area contributed by atoms with E-state index in [2.05, 4.69) is 5.32 Å². The summed E-state index contributed by atoms with van der Waals surface area (Å²) in [6.45, 7) is 0. The first kappa shape index (κ1) is 12.8. The number of para-hydroxylation sites is 1. The van der Waals surface area contributed by atoms with Crippen LogP contribution in [0.25, 0.3) is 0 Å². The van der Waals surface area contributed by atoms with Crippen molar-refractivity contribution in [3.63, 3.8) is 0 Å². The van der Waals surface area contributed by atoms with E-state index in [0.29, 0.717) is 0 Å². The normalized spacial score (nSPS) is 21.4. The number of imide groups is 1. The van der Waals surface area contributed by atoms with Gasteiger partial charge in [0, 0.05) is 12.6 Å². The zero-order valence-electron chi connectivity index (χ0n) is 10.0. The van der Waals surface area contributed by atoms with Crippen LogP contribution >= 0.6 is 0 Å². The molecule has 1 heterocycles.